The Bertz CT molecular complexity index is 665. The van der Waals surface area contributed by atoms with E-state index in [2.05, 4.69) is 17.4 Å². The zero-order valence-corrected chi connectivity index (χ0v) is 12.5. The van der Waals surface area contributed by atoms with E-state index in [-0.39, 0.29) is 6.42 Å². The predicted octanol–water partition coefficient (Wildman–Crippen LogP) is 3.20. The zero-order valence-electron chi connectivity index (χ0n) is 12.5. The van der Waals surface area contributed by atoms with Gasteiger partial charge in [-0.1, -0.05) is 18.2 Å². The summed E-state index contributed by atoms with van der Waals surface area (Å²) in [6, 6.07) is 12.2. The molecule has 0 atom stereocenters. The van der Waals surface area contributed by atoms with E-state index in [0.717, 1.165) is 29.8 Å². The van der Waals surface area contributed by atoms with E-state index < -0.39 is 5.97 Å². The van der Waals surface area contributed by atoms with Crippen LogP contribution in [0.5, 0.6) is 0 Å². The Morgan fingerprint density at radius 3 is 2.73 bits per heavy atom. The number of carboxylic acids is 1. The molecule has 1 heterocycles. The number of benzene rings is 1. The number of nitrogens with one attached hydrogen (secondary N) is 1. The number of nitrogens with zero attached hydrogens (tertiary/aromatic N) is 1. The first-order valence-electron chi connectivity index (χ1n) is 7.73. The first kappa shape index (κ1) is 14.6. The summed E-state index contributed by atoms with van der Waals surface area (Å²) >= 11 is 0. The number of aliphatic carboxylic acids is 1. The van der Waals surface area contributed by atoms with Gasteiger partial charge in [-0.15, -0.1) is 0 Å². The molecule has 1 aliphatic carbocycles. The number of anilines is 1. The largest absolute Gasteiger partial charge is 0.481 e. The summed E-state index contributed by atoms with van der Waals surface area (Å²) in [7, 11) is 0. The second-order valence-electron chi connectivity index (χ2n) is 5.71. The van der Waals surface area contributed by atoms with Gasteiger partial charge >= 0.3 is 5.97 Å². The number of fused-ring (bicyclic) bond motifs is 1. The number of rotatable bonds is 6. The number of carbonyl (C=O) groups is 1. The molecule has 0 saturated heterocycles. The molecular formula is C18H20N2O2. The molecule has 1 aromatic heterocycles. The molecule has 2 N–H and O–H groups in total. The molecule has 0 fully saturated rings. The van der Waals surface area contributed by atoms with Crippen molar-refractivity contribution in [1.82, 2.24) is 4.98 Å². The highest BCUT2D eigenvalue weighted by molar-refractivity contribution is 5.67. The van der Waals surface area contributed by atoms with Crippen LogP contribution in [-0.4, -0.2) is 16.1 Å². The summed E-state index contributed by atoms with van der Waals surface area (Å²) in [6.45, 7) is 0.710. The average Bonchev–Trinajstić information content (AvgIpc) is 2.99. The fourth-order valence-electron chi connectivity index (χ4n) is 2.80. The molecule has 2 aromatic rings. The van der Waals surface area contributed by atoms with E-state index in [9.17, 15) is 4.79 Å². The van der Waals surface area contributed by atoms with E-state index in [1.54, 1.807) is 0 Å². The van der Waals surface area contributed by atoms with Gasteiger partial charge in [0.2, 0.25) is 0 Å². The summed E-state index contributed by atoms with van der Waals surface area (Å²) in [4.78, 5) is 15.3. The molecule has 114 valence electrons. The molecule has 0 bridgehead atoms. The van der Waals surface area contributed by atoms with Gasteiger partial charge in [0, 0.05) is 17.8 Å². The molecule has 4 nitrogen and oxygen atoms in total. The van der Waals surface area contributed by atoms with Gasteiger partial charge in [-0.05, 0) is 55.0 Å². The van der Waals surface area contributed by atoms with Crippen LogP contribution in [0.3, 0.4) is 0 Å². The fraction of sp³-hybridized carbons (Fsp3) is 0.333. The number of pyridine rings is 1. The third-order valence-corrected chi connectivity index (χ3v) is 4.04. The summed E-state index contributed by atoms with van der Waals surface area (Å²) in [5, 5.41) is 12.1. The van der Waals surface area contributed by atoms with Crippen molar-refractivity contribution in [1.29, 1.82) is 0 Å². The molecule has 1 aliphatic rings. The summed E-state index contributed by atoms with van der Waals surface area (Å²) in [6.07, 6.45) is 4.22. The highest BCUT2D eigenvalue weighted by Gasteiger charge is 2.12. The van der Waals surface area contributed by atoms with Crippen LogP contribution in [0, 0.1) is 0 Å². The number of carboxylic acid groups (broad SMARTS) is 1. The van der Waals surface area contributed by atoms with Gasteiger partial charge in [0.15, 0.2) is 0 Å². The quantitative estimate of drug-likeness (QED) is 0.859. The van der Waals surface area contributed by atoms with Crippen molar-refractivity contribution in [2.24, 2.45) is 0 Å². The second kappa shape index (κ2) is 6.60. The number of aromatic nitrogens is 1. The van der Waals surface area contributed by atoms with Crippen LogP contribution < -0.4 is 5.32 Å². The molecule has 1 aromatic carbocycles. The number of hydrogen-bond donors (Lipinski definition) is 2. The molecule has 3 rings (SSSR count). The first-order chi connectivity index (χ1) is 10.7. The van der Waals surface area contributed by atoms with Gasteiger partial charge in [-0.2, -0.15) is 0 Å². The van der Waals surface area contributed by atoms with Crippen LogP contribution in [0.25, 0.3) is 0 Å². The lowest BCUT2D eigenvalue weighted by molar-refractivity contribution is -0.136. The molecular weight excluding hydrogens is 276 g/mol. The Labute approximate surface area is 130 Å². The SMILES string of the molecule is O=C(O)CCc1ccc(NCc2ccc3c(n2)CCC3)cc1. The van der Waals surface area contributed by atoms with Crippen molar-refractivity contribution in [3.63, 3.8) is 0 Å². The maximum Gasteiger partial charge on any atom is 0.303 e. The highest BCUT2D eigenvalue weighted by Crippen LogP contribution is 2.20. The first-order valence-corrected chi connectivity index (χ1v) is 7.73. The predicted molar refractivity (Wildman–Crippen MR) is 86.0 cm³/mol. The van der Waals surface area contributed by atoms with Crippen LogP contribution in [0.2, 0.25) is 0 Å². The second-order valence-corrected chi connectivity index (χ2v) is 5.71. The van der Waals surface area contributed by atoms with Gasteiger partial charge in [0.05, 0.1) is 12.2 Å². The Morgan fingerprint density at radius 2 is 1.95 bits per heavy atom. The lowest BCUT2D eigenvalue weighted by Crippen LogP contribution is -2.03. The lowest BCUT2D eigenvalue weighted by Gasteiger charge is -2.08. The van der Waals surface area contributed by atoms with Crippen molar-refractivity contribution in [3.05, 3.63) is 58.9 Å². The van der Waals surface area contributed by atoms with Gasteiger partial charge < -0.3 is 10.4 Å². The van der Waals surface area contributed by atoms with Gasteiger partial charge in [0.25, 0.3) is 0 Å². The van der Waals surface area contributed by atoms with E-state index in [0.29, 0.717) is 13.0 Å². The molecule has 22 heavy (non-hydrogen) atoms. The normalized spacial score (nSPS) is 12.9. The maximum atomic E-state index is 10.6. The van der Waals surface area contributed by atoms with Crippen molar-refractivity contribution in [3.8, 4) is 0 Å². The minimum Gasteiger partial charge on any atom is -0.481 e. The monoisotopic (exact) mass is 296 g/mol. The van der Waals surface area contributed by atoms with Crippen LogP contribution in [0.1, 0.15) is 35.4 Å². The van der Waals surface area contributed by atoms with Gasteiger partial charge in [-0.25, -0.2) is 0 Å². The standard InChI is InChI=1S/C18H20N2O2/c21-18(22)11-6-13-4-8-15(9-5-13)19-12-16-10-7-14-2-1-3-17(14)20-16/h4-5,7-10,19H,1-3,6,11-12H2,(H,21,22). The van der Waals surface area contributed by atoms with E-state index >= 15 is 0 Å². The van der Waals surface area contributed by atoms with Crippen molar-refractivity contribution >= 4 is 11.7 Å². The Kier molecular flexibility index (Phi) is 4.37. The zero-order chi connectivity index (χ0) is 15.4. The minimum absolute atomic E-state index is 0.172. The van der Waals surface area contributed by atoms with Crippen molar-refractivity contribution in [2.45, 2.75) is 38.6 Å². The highest BCUT2D eigenvalue weighted by atomic mass is 16.4. The lowest BCUT2D eigenvalue weighted by atomic mass is 10.1. The van der Waals surface area contributed by atoms with Crippen LogP contribution >= 0.6 is 0 Å². The molecule has 0 saturated carbocycles. The van der Waals surface area contributed by atoms with Gasteiger partial charge in [0.1, 0.15) is 0 Å². The molecule has 0 spiro atoms. The smallest absolute Gasteiger partial charge is 0.303 e. The molecule has 0 radical (unpaired) electrons. The summed E-state index contributed by atoms with van der Waals surface area (Å²) in [5.74, 6) is -0.759. The topological polar surface area (TPSA) is 62.2 Å². The third-order valence-electron chi connectivity index (χ3n) is 4.04. The summed E-state index contributed by atoms with van der Waals surface area (Å²) < 4.78 is 0. The molecule has 0 unspecified atom stereocenters. The molecule has 0 amide bonds. The molecule has 0 aliphatic heterocycles. The van der Waals surface area contributed by atoms with Crippen molar-refractivity contribution < 1.29 is 9.90 Å². The Hall–Kier alpha value is -2.36. The van der Waals surface area contributed by atoms with Crippen LogP contribution in [0.15, 0.2) is 36.4 Å². The van der Waals surface area contributed by atoms with Crippen LogP contribution in [0.4, 0.5) is 5.69 Å². The van der Waals surface area contributed by atoms with Crippen LogP contribution in [-0.2, 0) is 30.6 Å². The maximum absolute atomic E-state index is 10.6. The third kappa shape index (κ3) is 3.64. The Morgan fingerprint density at radius 1 is 1.14 bits per heavy atom. The fourth-order valence-corrected chi connectivity index (χ4v) is 2.80. The molecule has 4 heteroatoms. The number of aryl methyl sites for hydroxylation is 3. The summed E-state index contributed by atoms with van der Waals surface area (Å²) in [5.41, 5.74) is 5.79. The Balaban J connectivity index is 1.56. The van der Waals surface area contributed by atoms with Crippen molar-refractivity contribution in [2.75, 3.05) is 5.32 Å². The van der Waals surface area contributed by atoms with E-state index in [1.165, 1.54) is 17.7 Å². The van der Waals surface area contributed by atoms with E-state index in [4.69, 9.17) is 10.1 Å². The van der Waals surface area contributed by atoms with Gasteiger partial charge in [-0.3, -0.25) is 9.78 Å². The van der Waals surface area contributed by atoms with E-state index in [1.807, 2.05) is 24.3 Å². The number of hydrogen-bond acceptors (Lipinski definition) is 3. The minimum atomic E-state index is -0.759. The average molecular weight is 296 g/mol.